The van der Waals surface area contributed by atoms with Crippen LogP contribution in [0.15, 0.2) is 51.2 Å². The van der Waals surface area contributed by atoms with Gasteiger partial charge in [0.25, 0.3) is 5.92 Å². The fourth-order valence-corrected chi connectivity index (χ4v) is 6.64. The summed E-state index contributed by atoms with van der Waals surface area (Å²) >= 11 is 18.8. The highest BCUT2D eigenvalue weighted by molar-refractivity contribution is 9.10. The van der Waals surface area contributed by atoms with Gasteiger partial charge in [-0.2, -0.15) is 0 Å². The topological polar surface area (TPSA) is 0 Å². The summed E-state index contributed by atoms with van der Waals surface area (Å²) in [6.07, 6.45) is 0.191. The molecule has 0 spiro atoms. The van der Waals surface area contributed by atoms with Crippen molar-refractivity contribution in [1.82, 2.24) is 0 Å². The fourth-order valence-electron chi connectivity index (χ4n) is 3.28. The Labute approximate surface area is 197 Å². The van der Waals surface area contributed by atoms with Crippen LogP contribution in [-0.2, 0) is 4.75 Å². The van der Waals surface area contributed by atoms with Crippen LogP contribution < -0.4 is 0 Å². The number of allylic oxidation sites excluding steroid dienone is 1. The molecule has 156 valence electrons. The van der Waals surface area contributed by atoms with Crippen LogP contribution in [-0.4, -0.2) is 10.7 Å². The number of hydrogen-bond donors (Lipinski definition) is 0. The maximum atomic E-state index is 14.9. The van der Waals surface area contributed by atoms with Crippen LogP contribution in [0.1, 0.15) is 45.2 Å². The number of rotatable bonds is 4. The largest absolute Gasteiger partial charge is 0.264 e. The van der Waals surface area contributed by atoms with Gasteiger partial charge in [-0.25, -0.2) is 8.78 Å². The molecule has 0 aliphatic carbocycles. The van der Waals surface area contributed by atoms with E-state index in [-0.39, 0.29) is 11.2 Å². The van der Waals surface area contributed by atoms with E-state index in [0.29, 0.717) is 15.6 Å². The Kier molecular flexibility index (Phi) is 6.78. The van der Waals surface area contributed by atoms with Crippen LogP contribution in [0.5, 0.6) is 0 Å². The van der Waals surface area contributed by atoms with Gasteiger partial charge in [-0.3, -0.25) is 0 Å². The lowest BCUT2D eigenvalue weighted by molar-refractivity contribution is -0.0204. The first-order valence-electron chi connectivity index (χ1n) is 9.01. The average Bonchev–Trinajstić information content (AvgIpc) is 3.01. The summed E-state index contributed by atoms with van der Waals surface area (Å²) < 4.78 is 29.4. The van der Waals surface area contributed by atoms with Gasteiger partial charge in [0.2, 0.25) is 0 Å². The normalized spacial score (nSPS) is 20.1. The van der Waals surface area contributed by atoms with Gasteiger partial charge in [0.05, 0.1) is 0 Å². The minimum Gasteiger partial charge on any atom is -0.205 e. The van der Waals surface area contributed by atoms with Crippen molar-refractivity contribution in [3.63, 3.8) is 0 Å². The van der Waals surface area contributed by atoms with Gasteiger partial charge in [0.15, 0.2) is 0 Å². The van der Waals surface area contributed by atoms with E-state index in [1.165, 1.54) is 0 Å². The molecule has 1 atom stereocenters. The van der Waals surface area contributed by atoms with Crippen LogP contribution in [0.25, 0.3) is 5.57 Å². The molecular formula is C22H21BrCl2F2S2. The molecule has 29 heavy (non-hydrogen) atoms. The van der Waals surface area contributed by atoms with E-state index in [4.69, 9.17) is 23.2 Å². The summed E-state index contributed by atoms with van der Waals surface area (Å²) in [6, 6.07) is 10.8. The number of benzene rings is 2. The first-order valence-corrected chi connectivity index (χ1v) is 12.3. The molecule has 0 saturated carbocycles. The van der Waals surface area contributed by atoms with Crippen molar-refractivity contribution in [2.45, 2.75) is 54.4 Å². The maximum absolute atomic E-state index is 14.9. The van der Waals surface area contributed by atoms with Gasteiger partial charge >= 0.3 is 0 Å². The third-order valence-corrected chi connectivity index (χ3v) is 8.69. The molecule has 1 aliphatic heterocycles. The molecule has 3 rings (SSSR count). The lowest BCUT2D eigenvalue weighted by Gasteiger charge is -2.35. The van der Waals surface area contributed by atoms with Crippen LogP contribution in [0.3, 0.4) is 0 Å². The second-order valence-corrected chi connectivity index (χ2v) is 12.9. The minimum absolute atomic E-state index is 0.0811. The molecule has 0 amide bonds. The van der Waals surface area contributed by atoms with Crippen molar-refractivity contribution in [3.8, 4) is 0 Å². The van der Waals surface area contributed by atoms with Gasteiger partial charge in [-0.15, -0.1) is 23.5 Å². The summed E-state index contributed by atoms with van der Waals surface area (Å²) in [6.45, 7) is 7.43. The highest BCUT2D eigenvalue weighted by Crippen LogP contribution is 2.59. The van der Waals surface area contributed by atoms with E-state index in [9.17, 15) is 8.78 Å². The molecule has 0 saturated heterocycles. The van der Waals surface area contributed by atoms with E-state index >= 15 is 0 Å². The second kappa shape index (κ2) is 8.38. The molecule has 0 nitrogen and oxygen atoms in total. The number of alkyl halides is 2. The van der Waals surface area contributed by atoms with Crippen molar-refractivity contribution in [3.05, 3.63) is 67.5 Å². The fraction of sp³-hybridized carbons (Fsp3) is 0.364. The Morgan fingerprint density at radius 2 is 1.66 bits per heavy atom. The lowest BCUT2D eigenvalue weighted by Crippen LogP contribution is -2.38. The van der Waals surface area contributed by atoms with Gasteiger partial charge < -0.3 is 0 Å². The molecular weight excluding hydrogens is 517 g/mol. The quantitative estimate of drug-likeness (QED) is 0.356. The van der Waals surface area contributed by atoms with Gasteiger partial charge in [0, 0.05) is 31.1 Å². The van der Waals surface area contributed by atoms with E-state index in [2.05, 4.69) is 36.7 Å². The number of halogens is 5. The van der Waals surface area contributed by atoms with Crippen LogP contribution >= 0.6 is 62.7 Å². The molecule has 0 N–H and O–H groups in total. The Hall–Kier alpha value is -0.200. The summed E-state index contributed by atoms with van der Waals surface area (Å²) in [4.78, 5) is 1.13. The standard InChI is InChI=1S/C22H21BrCl2F2S2/c1-20(2,3)29-19-6-5-13(7-18(19)23)14-11-22(28-12-14,21(4,26)27)15-8-16(24)10-17(25)9-15/h5-10,12H,11H2,1-4H3. The first-order chi connectivity index (χ1) is 13.3. The third-order valence-electron chi connectivity index (χ3n) is 4.60. The zero-order valence-corrected chi connectivity index (χ0v) is 21.2. The van der Waals surface area contributed by atoms with Crippen molar-refractivity contribution >= 4 is 68.2 Å². The minimum atomic E-state index is -2.97. The summed E-state index contributed by atoms with van der Waals surface area (Å²) in [5.41, 5.74) is 2.25. The highest BCUT2D eigenvalue weighted by Gasteiger charge is 2.54. The second-order valence-electron chi connectivity index (χ2n) is 8.17. The molecule has 2 aromatic rings. The summed E-state index contributed by atoms with van der Waals surface area (Å²) in [7, 11) is 0. The van der Waals surface area contributed by atoms with Gasteiger partial charge in [-0.05, 0) is 74.8 Å². The zero-order valence-electron chi connectivity index (χ0n) is 16.5. The summed E-state index contributed by atoms with van der Waals surface area (Å²) in [5.74, 6) is -2.97. The third kappa shape index (κ3) is 5.17. The predicted octanol–water partition coefficient (Wildman–Crippen LogP) is 9.67. The van der Waals surface area contributed by atoms with E-state index in [0.717, 1.165) is 39.2 Å². The molecule has 1 aliphatic rings. The van der Waals surface area contributed by atoms with E-state index in [1.807, 2.05) is 23.6 Å². The van der Waals surface area contributed by atoms with Crippen molar-refractivity contribution < 1.29 is 8.78 Å². The zero-order chi connectivity index (χ0) is 21.6. The smallest absolute Gasteiger partial charge is 0.205 e. The Morgan fingerprint density at radius 3 is 2.17 bits per heavy atom. The van der Waals surface area contributed by atoms with Crippen LogP contribution in [0, 0.1) is 0 Å². The van der Waals surface area contributed by atoms with Crippen LogP contribution in [0.4, 0.5) is 8.78 Å². The molecule has 2 aromatic carbocycles. The van der Waals surface area contributed by atoms with Gasteiger partial charge in [-0.1, -0.05) is 50.0 Å². The van der Waals surface area contributed by atoms with E-state index < -0.39 is 10.7 Å². The number of thioether (sulfide) groups is 2. The van der Waals surface area contributed by atoms with Gasteiger partial charge in [0.1, 0.15) is 4.75 Å². The molecule has 0 radical (unpaired) electrons. The molecule has 1 heterocycles. The maximum Gasteiger partial charge on any atom is 0.264 e. The van der Waals surface area contributed by atoms with Crippen molar-refractivity contribution in [2.75, 3.05) is 0 Å². The predicted molar refractivity (Wildman–Crippen MR) is 129 cm³/mol. The summed E-state index contributed by atoms with van der Waals surface area (Å²) in [5, 5.41) is 2.55. The van der Waals surface area contributed by atoms with Crippen LogP contribution in [0.2, 0.25) is 10.0 Å². The Morgan fingerprint density at radius 1 is 1.03 bits per heavy atom. The van der Waals surface area contributed by atoms with E-state index in [1.54, 1.807) is 30.0 Å². The number of hydrogen-bond acceptors (Lipinski definition) is 2. The Bertz CT molecular complexity index is 944. The lowest BCUT2D eigenvalue weighted by atomic mass is 9.85. The van der Waals surface area contributed by atoms with Crippen molar-refractivity contribution in [1.29, 1.82) is 0 Å². The molecule has 1 unspecified atom stereocenters. The first kappa shape index (κ1) is 23.5. The molecule has 0 bridgehead atoms. The molecule has 7 heteroatoms. The average molecular weight is 538 g/mol. The molecule has 0 fully saturated rings. The monoisotopic (exact) mass is 536 g/mol. The molecule has 0 aromatic heterocycles. The van der Waals surface area contributed by atoms with Crippen molar-refractivity contribution in [2.24, 2.45) is 0 Å². The highest BCUT2D eigenvalue weighted by atomic mass is 79.9. The Balaban J connectivity index is 1.96. The SMILES string of the molecule is CC(C)(C)Sc1ccc(C2=CSC(c3cc(Cl)cc(Cl)c3)(C(C)(F)F)C2)cc1Br.